The molecule has 0 spiro atoms. The summed E-state index contributed by atoms with van der Waals surface area (Å²) in [5.41, 5.74) is 0. The molecule has 0 aliphatic rings. The number of thioether (sulfide) groups is 2. The lowest BCUT2D eigenvalue weighted by molar-refractivity contribution is -0.128. The van der Waals surface area contributed by atoms with Gasteiger partial charge in [0.05, 0.1) is 0 Å². The van der Waals surface area contributed by atoms with E-state index in [1.54, 1.807) is 30.8 Å². The highest BCUT2D eigenvalue weighted by molar-refractivity contribution is 8.01. The zero-order valence-electron chi connectivity index (χ0n) is 8.89. The Bertz CT molecular complexity index is 327. The van der Waals surface area contributed by atoms with Crippen LogP contribution in [0, 0.1) is 0 Å². The van der Waals surface area contributed by atoms with Crippen molar-refractivity contribution in [2.45, 2.75) is 15.9 Å². The van der Waals surface area contributed by atoms with E-state index in [9.17, 15) is 4.79 Å². The van der Waals surface area contributed by atoms with E-state index in [4.69, 9.17) is 0 Å². The number of amides is 1. The topological polar surface area (TPSA) is 46.1 Å². The van der Waals surface area contributed by atoms with E-state index in [1.807, 2.05) is 6.26 Å². The van der Waals surface area contributed by atoms with Crippen LogP contribution in [0.3, 0.4) is 0 Å². The molecule has 0 fully saturated rings. The molecule has 0 saturated heterocycles. The second kappa shape index (κ2) is 6.34. The van der Waals surface area contributed by atoms with E-state index < -0.39 is 0 Å². The molecule has 0 N–H and O–H groups in total. The van der Waals surface area contributed by atoms with Gasteiger partial charge in [-0.05, 0) is 17.8 Å². The fourth-order valence-electron chi connectivity index (χ4n) is 0.788. The molecule has 0 aromatic carbocycles. The Morgan fingerprint density at radius 3 is 2.80 bits per heavy atom. The van der Waals surface area contributed by atoms with Crippen molar-refractivity contribution in [3.8, 4) is 0 Å². The molecule has 0 bridgehead atoms. The first-order valence-corrected chi connectivity index (χ1v) is 7.32. The van der Waals surface area contributed by atoms with Gasteiger partial charge < -0.3 is 4.90 Å². The van der Waals surface area contributed by atoms with Crippen LogP contribution < -0.4 is 0 Å². The molecule has 7 heteroatoms. The van der Waals surface area contributed by atoms with Crippen LogP contribution in [0.1, 0.15) is 6.42 Å². The molecular weight excluding hydrogens is 250 g/mol. The highest BCUT2D eigenvalue weighted by Gasteiger charge is 2.06. The second-order valence-electron chi connectivity index (χ2n) is 2.93. The van der Waals surface area contributed by atoms with Crippen LogP contribution in [-0.4, -0.2) is 46.3 Å². The lowest BCUT2D eigenvalue weighted by Crippen LogP contribution is -2.21. The van der Waals surface area contributed by atoms with Crippen LogP contribution in [0.2, 0.25) is 0 Å². The maximum atomic E-state index is 11.3. The SMILES string of the molecule is CSc1nsc(SCCC(=O)N(C)C)n1. The first-order valence-electron chi connectivity index (χ1n) is 4.34. The third kappa shape index (κ3) is 4.40. The molecule has 1 aromatic heterocycles. The molecule has 0 radical (unpaired) electrons. The molecule has 15 heavy (non-hydrogen) atoms. The molecule has 0 aliphatic heterocycles. The van der Waals surface area contributed by atoms with Gasteiger partial charge in [-0.1, -0.05) is 23.5 Å². The van der Waals surface area contributed by atoms with Crippen LogP contribution in [0.5, 0.6) is 0 Å². The smallest absolute Gasteiger partial charge is 0.222 e. The average Bonchev–Trinajstić information content (AvgIpc) is 2.65. The molecule has 1 rings (SSSR count). The third-order valence-corrected chi connectivity index (χ3v) is 4.11. The molecule has 1 aromatic rings. The van der Waals surface area contributed by atoms with Crippen LogP contribution in [0.15, 0.2) is 9.50 Å². The van der Waals surface area contributed by atoms with Gasteiger partial charge >= 0.3 is 0 Å². The summed E-state index contributed by atoms with van der Waals surface area (Å²) in [6.45, 7) is 0. The summed E-state index contributed by atoms with van der Waals surface area (Å²) in [4.78, 5) is 17.2. The summed E-state index contributed by atoms with van der Waals surface area (Å²) < 4.78 is 5.08. The summed E-state index contributed by atoms with van der Waals surface area (Å²) in [5, 5.41) is 0.807. The van der Waals surface area contributed by atoms with Crippen molar-refractivity contribution in [2.24, 2.45) is 0 Å². The minimum Gasteiger partial charge on any atom is -0.349 e. The monoisotopic (exact) mass is 263 g/mol. The standard InChI is InChI=1S/C8H13N3OS3/c1-11(2)6(12)4-5-14-8-9-7(13-3)10-15-8/h4-5H2,1-3H3. The molecule has 0 unspecified atom stereocenters. The number of hydrogen-bond acceptors (Lipinski definition) is 6. The number of aromatic nitrogens is 2. The molecule has 1 amide bonds. The predicted molar refractivity (Wildman–Crippen MR) is 65.7 cm³/mol. The van der Waals surface area contributed by atoms with Crippen molar-refractivity contribution < 1.29 is 4.79 Å². The minimum atomic E-state index is 0.150. The highest BCUT2D eigenvalue weighted by atomic mass is 32.2. The minimum absolute atomic E-state index is 0.150. The van der Waals surface area contributed by atoms with Gasteiger partial charge in [-0.3, -0.25) is 4.79 Å². The van der Waals surface area contributed by atoms with Crippen LogP contribution in [0.4, 0.5) is 0 Å². The Labute approximate surface area is 102 Å². The van der Waals surface area contributed by atoms with Crippen molar-refractivity contribution >= 4 is 41.0 Å². The Morgan fingerprint density at radius 2 is 2.27 bits per heavy atom. The van der Waals surface area contributed by atoms with Gasteiger partial charge in [-0.25, -0.2) is 4.98 Å². The largest absolute Gasteiger partial charge is 0.349 e. The first-order chi connectivity index (χ1) is 7.13. The molecule has 84 valence electrons. The van der Waals surface area contributed by atoms with Crippen molar-refractivity contribution in [1.82, 2.24) is 14.3 Å². The van der Waals surface area contributed by atoms with Crippen molar-refractivity contribution in [3.05, 3.63) is 0 Å². The van der Waals surface area contributed by atoms with Gasteiger partial charge in [0.1, 0.15) is 0 Å². The molecular formula is C8H13N3OS3. The molecule has 0 saturated carbocycles. The van der Waals surface area contributed by atoms with E-state index in [1.165, 1.54) is 23.3 Å². The number of carbonyl (C=O) groups is 1. The number of rotatable bonds is 5. The Kier molecular flexibility index (Phi) is 5.41. The fraction of sp³-hybridized carbons (Fsp3) is 0.625. The van der Waals surface area contributed by atoms with Crippen LogP contribution in [0.25, 0.3) is 0 Å². The average molecular weight is 263 g/mol. The Morgan fingerprint density at radius 1 is 1.53 bits per heavy atom. The number of hydrogen-bond donors (Lipinski definition) is 0. The van der Waals surface area contributed by atoms with Gasteiger partial charge in [0.25, 0.3) is 0 Å². The van der Waals surface area contributed by atoms with Gasteiger partial charge in [0.15, 0.2) is 4.34 Å². The predicted octanol–water partition coefficient (Wildman–Crippen LogP) is 1.83. The Hall–Kier alpha value is -0.270. The maximum Gasteiger partial charge on any atom is 0.222 e. The summed E-state index contributed by atoms with van der Waals surface area (Å²) >= 11 is 4.51. The molecule has 4 nitrogen and oxygen atoms in total. The molecule has 1 heterocycles. The summed E-state index contributed by atoms with van der Waals surface area (Å²) in [7, 11) is 3.54. The quantitative estimate of drug-likeness (QED) is 0.758. The summed E-state index contributed by atoms with van der Waals surface area (Å²) in [6.07, 6.45) is 2.50. The lowest BCUT2D eigenvalue weighted by atomic mass is 10.4. The second-order valence-corrected chi connectivity index (χ2v) is 5.80. The normalized spacial score (nSPS) is 10.3. The van der Waals surface area contributed by atoms with Crippen molar-refractivity contribution in [1.29, 1.82) is 0 Å². The van der Waals surface area contributed by atoms with Gasteiger partial charge in [-0.2, -0.15) is 4.37 Å². The van der Waals surface area contributed by atoms with E-state index in [2.05, 4.69) is 9.36 Å². The lowest BCUT2D eigenvalue weighted by Gasteiger charge is -2.08. The molecule has 0 atom stereocenters. The zero-order valence-corrected chi connectivity index (χ0v) is 11.3. The maximum absolute atomic E-state index is 11.3. The van der Waals surface area contributed by atoms with Gasteiger partial charge in [-0.15, -0.1) is 0 Å². The zero-order chi connectivity index (χ0) is 11.3. The summed E-state index contributed by atoms with van der Waals surface area (Å²) in [6, 6.07) is 0. The van der Waals surface area contributed by atoms with Crippen LogP contribution >= 0.6 is 35.1 Å². The Balaban J connectivity index is 2.28. The van der Waals surface area contributed by atoms with Gasteiger partial charge in [0.2, 0.25) is 11.1 Å². The third-order valence-electron chi connectivity index (χ3n) is 1.61. The van der Waals surface area contributed by atoms with E-state index >= 15 is 0 Å². The first kappa shape index (κ1) is 12.8. The highest BCUT2D eigenvalue weighted by Crippen LogP contribution is 2.23. The van der Waals surface area contributed by atoms with Crippen LogP contribution in [-0.2, 0) is 4.79 Å². The molecule has 0 aliphatic carbocycles. The number of nitrogens with zero attached hydrogens (tertiary/aromatic N) is 3. The van der Waals surface area contributed by atoms with E-state index in [0.717, 1.165) is 15.2 Å². The van der Waals surface area contributed by atoms with E-state index in [0.29, 0.717) is 6.42 Å². The van der Waals surface area contributed by atoms with Crippen molar-refractivity contribution in [2.75, 3.05) is 26.1 Å². The van der Waals surface area contributed by atoms with E-state index in [-0.39, 0.29) is 5.91 Å². The van der Waals surface area contributed by atoms with Crippen molar-refractivity contribution in [3.63, 3.8) is 0 Å². The fourth-order valence-corrected chi connectivity index (χ4v) is 3.00. The van der Waals surface area contributed by atoms with Gasteiger partial charge in [0, 0.05) is 26.3 Å². The number of carbonyl (C=O) groups excluding carboxylic acids is 1. The summed E-state index contributed by atoms with van der Waals surface area (Å²) in [5.74, 6) is 0.914.